The second kappa shape index (κ2) is 10.4. The lowest BCUT2D eigenvalue weighted by Gasteiger charge is -2.38. The summed E-state index contributed by atoms with van der Waals surface area (Å²) in [4.78, 5) is 33.0. The molecule has 0 saturated carbocycles. The third-order valence-electron chi connectivity index (χ3n) is 6.75. The van der Waals surface area contributed by atoms with Crippen LogP contribution >= 0.6 is 0 Å². The third kappa shape index (κ3) is 4.96. The normalized spacial score (nSPS) is 17.2. The summed E-state index contributed by atoms with van der Waals surface area (Å²) < 4.78 is 13.0. The summed E-state index contributed by atoms with van der Waals surface area (Å²) in [5.74, 6) is 0.501. The molecule has 204 valence electrons. The number of methoxy groups -OCH3 is 1. The van der Waals surface area contributed by atoms with Gasteiger partial charge in [0.05, 0.1) is 18.2 Å². The highest BCUT2D eigenvalue weighted by molar-refractivity contribution is 6.14. The van der Waals surface area contributed by atoms with Crippen LogP contribution in [0.4, 0.5) is 11.4 Å². The molecule has 1 aliphatic rings. The third-order valence-corrected chi connectivity index (χ3v) is 6.75. The van der Waals surface area contributed by atoms with Crippen molar-refractivity contribution in [2.75, 3.05) is 30.4 Å². The Kier molecular flexibility index (Phi) is 6.60. The molecule has 1 saturated heterocycles. The summed E-state index contributed by atoms with van der Waals surface area (Å²) in [5.41, 5.74) is 3.08. The van der Waals surface area contributed by atoms with Crippen LogP contribution in [0.25, 0.3) is 21.8 Å². The molecule has 4 heterocycles. The van der Waals surface area contributed by atoms with Crippen LogP contribution in [0.1, 0.15) is 24.2 Å². The second-order valence-electron chi connectivity index (χ2n) is 9.94. The maximum absolute atomic E-state index is 13.7. The molecular weight excluding hydrogens is 510 g/mol. The van der Waals surface area contributed by atoms with E-state index in [1.807, 2.05) is 25.4 Å². The van der Waals surface area contributed by atoms with E-state index in [2.05, 4.69) is 54.4 Å². The summed E-state index contributed by atoms with van der Waals surface area (Å²) in [6.45, 7) is 5.98. The number of nitrogens with one attached hydrogen (secondary N) is 2. The van der Waals surface area contributed by atoms with Crippen LogP contribution in [-0.2, 0) is 7.05 Å². The molecule has 2 N–H and O–H groups in total. The lowest BCUT2D eigenvalue weighted by Crippen LogP contribution is -2.54. The summed E-state index contributed by atoms with van der Waals surface area (Å²) in [6.07, 6.45) is 6.58. The number of rotatable bonds is 6. The van der Waals surface area contributed by atoms with Crippen LogP contribution in [0, 0.1) is 0 Å². The number of aromatic nitrogens is 6. The van der Waals surface area contributed by atoms with Crippen molar-refractivity contribution >= 4 is 39.1 Å². The number of benzene rings is 2. The van der Waals surface area contributed by atoms with Gasteiger partial charge in [-0.15, -0.1) is 0 Å². The maximum Gasteiger partial charge on any atom is 0.316 e. The molecule has 0 bridgehead atoms. The van der Waals surface area contributed by atoms with E-state index >= 15 is 0 Å². The van der Waals surface area contributed by atoms with Gasteiger partial charge in [0.2, 0.25) is 5.88 Å². The summed E-state index contributed by atoms with van der Waals surface area (Å²) in [6, 6.07) is 9.83. The first-order valence-corrected chi connectivity index (χ1v) is 13.0. The number of carbonyl (C=O) groups is 1. The molecule has 5 aromatic rings. The summed E-state index contributed by atoms with van der Waals surface area (Å²) in [7, 11) is 3.33. The minimum Gasteiger partial charge on any atom is -0.467 e. The van der Waals surface area contributed by atoms with Gasteiger partial charge in [-0.2, -0.15) is 10.1 Å². The van der Waals surface area contributed by atoms with Crippen molar-refractivity contribution in [2.24, 2.45) is 7.05 Å². The molecule has 2 atom stereocenters. The minimum atomic E-state index is -0.324. The lowest BCUT2D eigenvalue weighted by atomic mass is 10.0. The van der Waals surface area contributed by atoms with Gasteiger partial charge in [-0.3, -0.25) is 9.48 Å². The maximum atomic E-state index is 13.7. The Labute approximate surface area is 230 Å². The molecule has 1 aliphatic heterocycles. The standard InChI is InChI=1S/C28H29N9O3/c1-16-12-37(13-17(2)32-16)22-6-5-20(26-21(22)11-30-28(34-26)39-4)27(38)33-19-9-18-14-36(3)35-25(18)23(10-19)40-24-7-8-29-15-31-24/h5-11,14-17,32H,12-13H2,1-4H3,(H,33,38). The zero-order chi connectivity index (χ0) is 27.8. The molecule has 0 aliphatic carbocycles. The molecule has 1 fully saturated rings. The number of carbonyl (C=O) groups excluding carboxylic acids is 1. The predicted octanol–water partition coefficient (Wildman–Crippen LogP) is 3.55. The number of anilines is 2. The topological polar surface area (TPSA) is 132 Å². The highest BCUT2D eigenvalue weighted by atomic mass is 16.5. The van der Waals surface area contributed by atoms with Gasteiger partial charge < -0.3 is 25.0 Å². The molecule has 12 nitrogen and oxygen atoms in total. The van der Waals surface area contributed by atoms with Crippen molar-refractivity contribution in [3.05, 3.63) is 60.8 Å². The van der Waals surface area contributed by atoms with Crippen LogP contribution in [0.2, 0.25) is 0 Å². The van der Waals surface area contributed by atoms with Crippen LogP contribution in [0.15, 0.2) is 55.2 Å². The molecule has 12 heteroatoms. The van der Waals surface area contributed by atoms with Crippen molar-refractivity contribution in [1.82, 2.24) is 35.0 Å². The predicted molar refractivity (Wildman–Crippen MR) is 151 cm³/mol. The monoisotopic (exact) mass is 539 g/mol. The molecule has 1 amide bonds. The summed E-state index contributed by atoms with van der Waals surface area (Å²) >= 11 is 0. The van der Waals surface area contributed by atoms with Gasteiger partial charge in [-0.1, -0.05) is 0 Å². The fraction of sp³-hybridized carbons (Fsp3) is 0.286. The average Bonchev–Trinajstić information content (AvgIpc) is 3.32. The SMILES string of the molecule is COc1ncc2c(N3CC(C)NC(C)C3)ccc(C(=O)Nc3cc(Oc4ccncn4)c4nn(C)cc4c3)c2n1. The Morgan fingerprint density at radius 3 is 2.67 bits per heavy atom. The van der Waals surface area contributed by atoms with Gasteiger partial charge in [-0.25, -0.2) is 15.0 Å². The van der Waals surface area contributed by atoms with Gasteiger partial charge in [0.25, 0.3) is 5.91 Å². The van der Waals surface area contributed by atoms with E-state index in [-0.39, 0.29) is 11.9 Å². The van der Waals surface area contributed by atoms with Gasteiger partial charge >= 0.3 is 6.01 Å². The number of amides is 1. The van der Waals surface area contributed by atoms with Crippen molar-refractivity contribution < 1.29 is 14.3 Å². The fourth-order valence-electron chi connectivity index (χ4n) is 5.19. The quantitative estimate of drug-likeness (QED) is 0.330. The number of piperazine rings is 1. The molecule has 40 heavy (non-hydrogen) atoms. The van der Waals surface area contributed by atoms with Crippen molar-refractivity contribution in [3.63, 3.8) is 0 Å². The Morgan fingerprint density at radius 2 is 1.93 bits per heavy atom. The number of aryl methyl sites for hydroxylation is 1. The Bertz CT molecular complexity index is 1700. The van der Waals surface area contributed by atoms with Crippen LogP contribution in [-0.4, -0.2) is 67.9 Å². The van der Waals surface area contributed by atoms with Crippen molar-refractivity contribution in [2.45, 2.75) is 25.9 Å². The first-order valence-electron chi connectivity index (χ1n) is 13.0. The molecular formula is C28H29N9O3. The number of nitrogens with zero attached hydrogens (tertiary/aromatic N) is 7. The Morgan fingerprint density at radius 1 is 1.10 bits per heavy atom. The molecule has 3 aromatic heterocycles. The minimum absolute atomic E-state index is 0.193. The van der Waals surface area contributed by atoms with E-state index in [1.54, 1.807) is 35.3 Å². The molecule has 2 unspecified atom stereocenters. The number of ether oxygens (including phenoxy) is 2. The zero-order valence-corrected chi connectivity index (χ0v) is 22.6. The smallest absolute Gasteiger partial charge is 0.316 e. The first-order chi connectivity index (χ1) is 19.4. The van der Waals surface area contributed by atoms with Crippen molar-refractivity contribution in [3.8, 4) is 17.6 Å². The van der Waals surface area contributed by atoms with Crippen LogP contribution in [0.3, 0.4) is 0 Å². The van der Waals surface area contributed by atoms with Crippen LogP contribution < -0.4 is 25.0 Å². The number of hydrogen-bond donors (Lipinski definition) is 2. The number of hydrogen-bond acceptors (Lipinski definition) is 10. The van der Waals surface area contributed by atoms with E-state index in [4.69, 9.17) is 9.47 Å². The van der Waals surface area contributed by atoms with E-state index in [0.717, 1.165) is 29.5 Å². The Hall–Kier alpha value is -4.84. The molecule has 0 spiro atoms. The van der Waals surface area contributed by atoms with Gasteiger partial charge in [0.15, 0.2) is 5.75 Å². The molecule has 2 aromatic carbocycles. The van der Waals surface area contributed by atoms with Gasteiger partial charge in [-0.05, 0) is 32.0 Å². The van der Waals surface area contributed by atoms with Crippen LogP contribution in [0.5, 0.6) is 17.6 Å². The lowest BCUT2D eigenvalue weighted by molar-refractivity contribution is 0.102. The van der Waals surface area contributed by atoms with E-state index in [1.165, 1.54) is 13.4 Å². The molecule has 0 radical (unpaired) electrons. The second-order valence-corrected chi connectivity index (χ2v) is 9.94. The first kappa shape index (κ1) is 25.4. The van der Waals surface area contributed by atoms with E-state index < -0.39 is 0 Å². The van der Waals surface area contributed by atoms with E-state index in [0.29, 0.717) is 46.0 Å². The average molecular weight is 540 g/mol. The summed E-state index contributed by atoms with van der Waals surface area (Å²) in [5, 5.41) is 12.7. The highest BCUT2D eigenvalue weighted by Crippen LogP contribution is 2.34. The highest BCUT2D eigenvalue weighted by Gasteiger charge is 2.25. The largest absolute Gasteiger partial charge is 0.467 e. The fourth-order valence-corrected chi connectivity index (χ4v) is 5.19. The zero-order valence-electron chi connectivity index (χ0n) is 22.6. The van der Waals surface area contributed by atoms with Gasteiger partial charge in [0, 0.05) is 85.1 Å². The Balaban J connectivity index is 1.37. The van der Waals surface area contributed by atoms with E-state index in [9.17, 15) is 4.79 Å². The number of fused-ring (bicyclic) bond motifs is 2. The molecule has 6 rings (SSSR count). The van der Waals surface area contributed by atoms with Gasteiger partial charge in [0.1, 0.15) is 11.8 Å². The van der Waals surface area contributed by atoms with Crippen molar-refractivity contribution in [1.29, 1.82) is 0 Å².